The fraction of sp³-hybridized carbons (Fsp3) is 0.222. The predicted octanol–water partition coefficient (Wildman–Crippen LogP) is 3.03. The highest BCUT2D eigenvalue weighted by Crippen LogP contribution is 2.26. The number of nitrogens with one attached hydrogen (secondary N) is 1. The molecule has 2 heterocycles. The van der Waals surface area contributed by atoms with Crippen molar-refractivity contribution in [3.8, 4) is 0 Å². The molecule has 2 aromatic rings. The van der Waals surface area contributed by atoms with Gasteiger partial charge in [-0.05, 0) is 34.0 Å². The molecule has 0 saturated heterocycles. The Bertz CT molecular complexity index is 450. The third-order valence-corrected chi connectivity index (χ3v) is 2.65. The predicted molar refractivity (Wildman–Crippen MR) is 53.1 cm³/mol. The molecule has 4 heteroatoms. The van der Waals surface area contributed by atoms with Crippen LogP contribution in [0.4, 0.5) is 4.39 Å². The molecule has 0 aliphatic carbocycles. The van der Waals surface area contributed by atoms with Crippen LogP contribution in [0.5, 0.6) is 0 Å². The summed E-state index contributed by atoms with van der Waals surface area (Å²) in [4.78, 5) is 6.66. The minimum absolute atomic E-state index is 0.432. The summed E-state index contributed by atoms with van der Waals surface area (Å²) in [6.07, 6.45) is 2.57. The van der Waals surface area contributed by atoms with Crippen molar-refractivity contribution in [2.24, 2.45) is 0 Å². The van der Waals surface area contributed by atoms with Gasteiger partial charge in [-0.3, -0.25) is 0 Å². The lowest BCUT2D eigenvalue weighted by atomic mass is 10.1. The van der Waals surface area contributed by atoms with E-state index >= 15 is 0 Å². The van der Waals surface area contributed by atoms with E-state index in [1.165, 1.54) is 6.07 Å². The molecule has 0 radical (unpaired) electrons. The van der Waals surface area contributed by atoms with Gasteiger partial charge in [0.15, 0.2) is 0 Å². The molecule has 68 valence electrons. The number of hydrogen-bond acceptors (Lipinski definition) is 1. The Kier molecular flexibility index (Phi) is 2.07. The van der Waals surface area contributed by atoms with E-state index in [1.54, 1.807) is 6.20 Å². The molecular weight excluding hydrogens is 235 g/mol. The van der Waals surface area contributed by atoms with Gasteiger partial charge in [0.2, 0.25) is 5.95 Å². The van der Waals surface area contributed by atoms with Gasteiger partial charge in [0.1, 0.15) is 5.65 Å². The zero-order chi connectivity index (χ0) is 9.42. The smallest absolute Gasteiger partial charge is 0.215 e. The number of rotatable bonds is 1. The second kappa shape index (κ2) is 3.10. The van der Waals surface area contributed by atoms with Gasteiger partial charge < -0.3 is 4.98 Å². The summed E-state index contributed by atoms with van der Waals surface area (Å²) in [5.41, 5.74) is 1.57. The molecule has 1 N–H and O–H groups in total. The van der Waals surface area contributed by atoms with Gasteiger partial charge in [0.25, 0.3) is 0 Å². The van der Waals surface area contributed by atoms with E-state index in [0.717, 1.165) is 21.8 Å². The fourth-order valence-corrected chi connectivity index (χ4v) is 1.97. The van der Waals surface area contributed by atoms with Crippen molar-refractivity contribution in [2.75, 3.05) is 0 Å². The quantitative estimate of drug-likeness (QED) is 0.766. The molecule has 0 unspecified atom stereocenters. The summed E-state index contributed by atoms with van der Waals surface area (Å²) < 4.78 is 13.9. The topological polar surface area (TPSA) is 28.7 Å². The number of hydrogen-bond donors (Lipinski definition) is 1. The van der Waals surface area contributed by atoms with E-state index in [4.69, 9.17) is 0 Å². The van der Waals surface area contributed by atoms with Gasteiger partial charge in [-0.25, -0.2) is 4.98 Å². The van der Waals surface area contributed by atoms with Gasteiger partial charge in [-0.2, -0.15) is 4.39 Å². The molecule has 0 aromatic carbocycles. The zero-order valence-corrected chi connectivity index (χ0v) is 8.65. The Labute approximate surface area is 83.3 Å². The van der Waals surface area contributed by atoms with Crippen LogP contribution in [0.3, 0.4) is 0 Å². The molecule has 0 amide bonds. The maximum Gasteiger partial charge on any atom is 0.215 e. The van der Waals surface area contributed by atoms with E-state index < -0.39 is 5.95 Å². The largest absolute Gasteiger partial charge is 0.345 e. The van der Waals surface area contributed by atoms with Crippen molar-refractivity contribution in [3.63, 3.8) is 0 Å². The molecule has 0 aliphatic rings. The second-order valence-corrected chi connectivity index (χ2v) is 3.67. The normalized spacial score (nSPS) is 11.0. The standard InChI is InChI=1S/C9H8BrFN2/c1-2-5-3-7(11)13-9-8(5)6(10)4-12-9/h3-4H,2H2,1H3,(H,12,13). The third kappa shape index (κ3) is 1.35. The van der Waals surface area contributed by atoms with Crippen molar-refractivity contribution < 1.29 is 4.39 Å². The lowest BCUT2D eigenvalue weighted by Gasteiger charge is -1.99. The highest BCUT2D eigenvalue weighted by Gasteiger charge is 2.08. The second-order valence-electron chi connectivity index (χ2n) is 2.82. The molecule has 2 nitrogen and oxygen atoms in total. The van der Waals surface area contributed by atoms with E-state index in [9.17, 15) is 4.39 Å². The number of aryl methyl sites for hydroxylation is 1. The molecule has 0 bridgehead atoms. The molecule has 0 spiro atoms. The monoisotopic (exact) mass is 242 g/mol. The molecule has 0 saturated carbocycles. The Balaban J connectivity index is 2.85. The van der Waals surface area contributed by atoms with Crippen molar-refractivity contribution in [3.05, 3.63) is 28.2 Å². The molecule has 2 rings (SSSR count). The van der Waals surface area contributed by atoms with Crippen molar-refractivity contribution in [2.45, 2.75) is 13.3 Å². The van der Waals surface area contributed by atoms with Crippen LogP contribution in [-0.2, 0) is 6.42 Å². The van der Waals surface area contributed by atoms with Crippen LogP contribution in [0.2, 0.25) is 0 Å². The molecule has 0 atom stereocenters. The van der Waals surface area contributed by atoms with Crippen LogP contribution < -0.4 is 0 Å². The van der Waals surface area contributed by atoms with E-state index in [1.807, 2.05) is 6.92 Å². The Morgan fingerprint density at radius 3 is 3.08 bits per heavy atom. The minimum atomic E-state index is -0.432. The molecule has 0 fully saturated rings. The zero-order valence-electron chi connectivity index (χ0n) is 7.06. The summed E-state index contributed by atoms with van der Waals surface area (Å²) in [5, 5.41) is 0.976. The first-order valence-electron chi connectivity index (χ1n) is 4.04. The van der Waals surface area contributed by atoms with Gasteiger partial charge in [-0.15, -0.1) is 0 Å². The van der Waals surface area contributed by atoms with Crippen LogP contribution in [0, 0.1) is 5.95 Å². The maximum atomic E-state index is 12.9. The molecule has 13 heavy (non-hydrogen) atoms. The first-order valence-corrected chi connectivity index (χ1v) is 4.83. The first-order chi connectivity index (χ1) is 6.22. The van der Waals surface area contributed by atoms with E-state index in [-0.39, 0.29) is 0 Å². The highest BCUT2D eigenvalue weighted by atomic mass is 79.9. The van der Waals surface area contributed by atoms with Crippen LogP contribution >= 0.6 is 15.9 Å². The maximum absolute atomic E-state index is 12.9. The lowest BCUT2D eigenvalue weighted by Crippen LogP contribution is -1.89. The van der Waals surface area contributed by atoms with Gasteiger partial charge in [-0.1, -0.05) is 6.92 Å². The van der Waals surface area contributed by atoms with Crippen molar-refractivity contribution in [1.29, 1.82) is 0 Å². The fourth-order valence-electron chi connectivity index (χ4n) is 1.42. The summed E-state index contributed by atoms with van der Waals surface area (Å²) in [6, 6.07) is 1.47. The van der Waals surface area contributed by atoms with Gasteiger partial charge in [0.05, 0.1) is 0 Å². The first kappa shape index (κ1) is 8.69. The highest BCUT2D eigenvalue weighted by molar-refractivity contribution is 9.10. The van der Waals surface area contributed by atoms with Crippen molar-refractivity contribution in [1.82, 2.24) is 9.97 Å². The SMILES string of the molecule is CCc1cc(F)nc2[nH]cc(Br)c12. The van der Waals surface area contributed by atoms with Crippen LogP contribution in [0.25, 0.3) is 11.0 Å². The number of aromatic amines is 1. The molecule has 2 aromatic heterocycles. The van der Waals surface area contributed by atoms with Crippen LogP contribution in [0.1, 0.15) is 12.5 Å². The van der Waals surface area contributed by atoms with Gasteiger partial charge in [0, 0.05) is 16.1 Å². The summed E-state index contributed by atoms with van der Waals surface area (Å²) in [7, 11) is 0. The summed E-state index contributed by atoms with van der Waals surface area (Å²) in [6.45, 7) is 1.99. The van der Waals surface area contributed by atoms with E-state index in [2.05, 4.69) is 25.9 Å². The molecular formula is C9H8BrFN2. The summed E-state index contributed by atoms with van der Waals surface area (Å²) in [5.74, 6) is -0.432. The van der Waals surface area contributed by atoms with Crippen LogP contribution in [-0.4, -0.2) is 9.97 Å². The van der Waals surface area contributed by atoms with E-state index in [0.29, 0.717) is 5.65 Å². The van der Waals surface area contributed by atoms with Crippen molar-refractivity contribution >= 4 is 27.0 Å². The number of aromatic nitrogens is 2. The minimum Gasteiger partial charge on any atom is -0.345 e. The lowest BCUT2D eigenvalue weighted by molar-refractivity contribution is 0.586. The Morgan fingerprint density at radius 2 is 2.38 bits per heavy atom. The number of nitrogens with zero attached hydrogens (tertiary/aromatic N) is 1. The third-order valence-electron chi connectivity index (χ3n) is 2.03. The average molecular weight is 243 g/mol. The number of halogens is 2. The number of H-pyrrole nitrogens is 1. The Morgan fingerprint density at radius 1 is 1.62 bits per heavy atom. The number of fused-ring (bicyclic) bond motifs is 1. The number of pyridine rings is 1. The van der Waals surface area contributed by atoms with Gasteiger partial charge >= 0.3 is 0 Å². The summed E-state index contributed by atoms with van der Waals surface area (Å²) >= 11 is 3.39. The van der Waals surface area contributed by atoms with Crippen LogP contribution in [0.15, 0.2) is 16.7 Å². The Hall–Kier alpha value is -0.900. The average Bonchev–Trinajstić information content (AvgIpc) is 2.46. The molecule has 0 aliphatic heterocycles.